The van der Waals surface area contributed by atoms with Crippen molar-refractivity contribution in [3.8, 4) is 0 Å². The molecule has 162 valence electrons. The van der Waals surface area contributed by atoms with Crippen LogP contribution in [0.15, 0.2) is 24.3 Å². The molecule has 30 heavy (non-hydrogen) atoms. The van der Waals surface area contributed by atoms with Crippen molar-refractivity contribution < 1.29 is 14.7 Å². The fraction of sp³-hybridized carbons (Fsp3) is 0.667. The lowest BCUT2D eigenvalue weighted by Crippen LogP contribution is -2.60. The lowest BCUT2D eigenvalue weighted by atomic mass is 9.64. The fourth-order valence-electron chi connectivity index (χ4n) is 7.57. The smallest absolute Gasteiger partial charge is 0.408 e. The van der Waals surface area contributed by atoms with Gasteiger partial charge in [-0.25, -0.2) is 9.59 Å². The average Bonchev–Trinajstić information content (AvgIpc) is 3.18. The quantitative estimate of drug-likeness (QED) is 0.794. The largest absolute Gasteiger partial charge is 0.465 e. The Morgan fingerprint density at radius 2 is 1.83 bits per heavy atom. The van der Waals surface area contributed by atoms with Crippen molar-refractivity contribution in [2.45, 2.75) is 69.4 Å². The standard InChI is InChI=1S/C24H33N3O3/c1-22(2,3)27(21(29)30)24-13-16-11-18(24)14-23(12-16,15-24)17-5-7-19(8-6-17)26-10-9-25(4)20(26)28/h5-8,16,18H,9-15H2,1-4H3,(H,29,30). The van der Waals surface area contributed by atoms with Crippen LogP contribution >= 0.6 is 0 Å². The predicted molar refractivity (Wildman–Crippen MR) is 116 cm³/mol. The molecule has 0 radical (unpaired) electrons. The molecule has 1 saturated heterocycles. The zero-order chi connectivity index (χ0) is 21.5. The van der Waals surface area contributed by atoms with E-state index in [9.17, 15) is 14.7 Å². The molecule has 5 fully saturated rings. The zero-order valence-electron chi connectivity index (χ0n) is 18.5. The van der Waals surface area contributed by atoms with Crippen LogP contribution in [0.25, 0.3) is 0 Å². The third-order valence-electron chi connectivity index (χ3n) is 8.30. The highest BCUT2D eigenvalue weighted by Gasteiger charge is 2.68. The van der Waals surface area contributed by atoms with Gasteiger partial charge in [0.2, 0.25) is 0 Å². The number of anilines is 1. The summed E-state index contributed by atoms with van der Waals surface area (Å²) >= 11 is 0. The highest BCUT2D eigenvalue weighted by Crippen LogP contribution is 2.69. The molecular weight excluding hydrogens is 378 g/mol. The van der Waals surface area contributed by atoms with Crippen molar-refractivity contribution in [2.75, 3.05) is 25.0 Å². The Bertz CT molecular complexity index is 892. The van der Waals surface area contributed by atoms with Gasteiger partial charge in [-0.1, -0.05) is 12.1 Å². The topological polar surface area (TPSA) is 64.1 Å². The minimum absolute atomic E-state index is 0.0574. The van der Waals surface area contributed by atoms with E-state index in [1.165, 1.54) is 5.56 Å². The first-order chi connectivity index (χ1) is 14.1. The predicted octanol–water partition coefficient (Wildman–Crippen LogP) is 4.54. The Balaban J connectivity index is 1.47. The third kappa shape index (κ3) is 2.61. The molecule has 6 heteroatoms. The van der Waals surface area contributed by atoms with Crippen molar-refractivity contribution in [3.63, 3.8) is 0 Å². The van der Waals surface area contributed by atoms with Crippen molar-refractivity contribution in [2.24, 2.45) is 11.8 Å². The van der Waals surface area contributed by atoms with Crippen molar-refractivity contribution in [1.29, 1.82) is 0 Å². The maximum absolute atomic E-state index is 12.4. The van der Waals surface area contributed by atoms with Gasteiger partial charge < -0.3 is 10.0 Å². The number of carbonyl (C=O) groups excluding carboxylic acids is 1. The highest BCUT2D eigenvalue weighted by atomic mass is 16.4. The maximum atomic E-state index is 12.4. The summed E-state index contributed by atoms with van der Waals surface area (Å²) in [5.74, 6) is 1.05. The fourth-order valence-corrected chi connectivity index (χ4v) is 7.57. The minimum Gasteiger partial charge on any atom is -0.465 e. The van der Waals surface area contributed by atoms with E-state index >= 15 is 0 Å². The number of nitrogens with zero attached hydrogens (tertiary/aromatic N) is 3. The average molecular weight is 412 g/mol. The first-order valence-corrected chi connectivity index (χ1v) is 11.2. The van der Waals surface area contributed by atoms with E-state index in [-0.39, 0.29) is 17.0 Å². The monoisotopic (exact) mass is 411 g/mol. The molecule has 4 saturated carbocycles. The van der Waals surface area contributed by atoms with E-state index < -0.39 is 11.6 Å². The lowest BCUT2D eigenvalue weighted by Gasteiger charge is -2.50. The van der Waals surface area contributed by atoms with Crippen molar-refractivity contribution >= 4 is 17.8 Å². The molecule has 1 aromatic carbocycles. The second-order valence-electron chi connectivity index (χ2n) is 11.2. The van der Waals surface area contributed by atoms with Crippen LogP contribution in [-0.2, 0) is 5.41 Å². The van der Waals surface area contributed by atoms with Gasteiger partial charge in [-0.15, -0.1) is 0 Å². The van der Waals surface area contributed by atoms with Crippen LogP contribution in [0.1, 0.15) is 58.4 Å². The van der Waals surface area contributed by atoms with Gasteiger partial charge in [0.05, 0.1) is 5.54 Å². The summed E-state index contributed by atoms with van der Waals surface area (Å²) in [5.41, 5.74) is 1.70. The number of hydrogen-bond donors (Lipinski definition) is 1. The summed E-state index contributed by atoms with van der Waals surface area (Å²) in [7, 11) is 1.84. The molecule has 1 heterocycles. The van der Waals surface area contributed by atoms with Crippen LogP contribution in [0.3, 0.4) is 0 Å². The molecule has 4 atom stereocenters. The van der Waals surface area contributed by atoms with Gasteiger partial charge in [-0.05, 0) is 87.8 Å². The Morgan fingerprint density at radius 1 is 1.13 bits per heavy atom. The van der Waals surface area contributed by atoms with Gasteiger partial charge in [-0.3, -0.25) is 9.80 Å². The number of carboxylic acid groups (broad SMARTS) is 1. The summed E-state index contributed by atoms with van der Waals surface area (Å²) in [6.45, 7) is 7.57. The summed E-state index contributed by atoms with van der Waals surface area (Å²) < 4.78 is 0. The lowest BCUT2D eigenvalue weighted by molar-refractivity contribution is -0.00420. The maximum Gasteiger partial charge on any atom is 0.408 e. The molecule has 6 rings (SSSR count). The molecule has 0 aromatic heterocycles. The van der Waals surface area contributed by atoms with Crippen LogP contribution in [0, 0.1) is 11.8 Å². The second kappa shape index (κ2) is 6.14. The number of amides is 3. The van der Waals surface area contributed by atoms with Crippen molar-refractivity contribution in [3.05, 3.63) is 29.8 Å². The molecule has 0 spiro atoms. The summed E-state index contributed by atoms with van der Waals surface area (Å²) in [6, 6.07) is 8.62. The Hall–Kier alpha value is -2.24. The molecule has 1 aromatic rings. The molecule has 4 unspecified atom stereocenters. The Morgan fingerprint density at radius 3 is 2.40 bits per heavy atom. The van der Waals surface area contributed by atoms with Crippen LogP contribution in [0.2, 0.25) is 0 Å². The SMILES string of the molecule is CN1CCN(c2ccc(C34CC5CC(C3)C(N(C(=O)O)C(C)(C)C)(C5)C4)cc2)C1=O. The number of carbonyl (C=O) groups is 2. The molecule has 4 aliphatic carbocycles. The van der Waals surface area contributed by atoms with E-state index in [1.807, 2.05) is 32.7 Å². The first kappa shape index (κ1) is 19.7. The van der Waals surface area contributed by atoms with Crippen LogP contribution in [-0.4, -0.2) is 58.2 Å². The van der Waals surface area contributed by atoms with Crippen LogP contribution in [0.4, 0.5) is 15.3 Å². The molecule has 4 bridgehead atoms. The number of likely N-dealkylation sites (N-methyl/N-ethyl adjacent to an activating group) is 1. The highest BCUT2D eigenvalue weighted by molar-refractivity contribution is 5.93. The summed E-state index contributed by atoms with van der Waals surface area (Å²) in [5, 5.41) is 10.2. The van der Waals surface area contributed by atoms with Gasteiger partial charge in [0.1, 0.15) is 0 Å². The Labute approximate surface area is 178 Å². The molecule has 1 aliphatic heterocycles. The normalized spacial score (nSPS) is 34.9. The Kier molecular flexibility index (Phi) is 4.04. The summed E-state index contributed by atoms with van der Waals surface area (Å²) in [4.78, 5) is 30.1. The van der Waals surface area contributed by atoms with E-state index in [2.05, 4.69) is 24.3 Å². The van der Waals surface area contributed by atoms with E-state index in [0.717, 1.165) is 50.9 Å². The molecule has 1 N–H and O–H groups in total. The zero-order valence-corrected chi connectivity index (χ0v) is 18.5. The van der Waals surface area contributed by atoms with Gasteiger partial charge in [0, 0.05) is 31.4 Å². The number of hydrogen-bond acceptors (Lipinski definition) is 2. The first-order valence-electron chi connectivity index (χ1n) is 11.2. The van der Waals surface area contributed by atoms with Gasteiger partial charge in [0.15, 0.2) is 0 Å². The molecule has 5 aliphatic rings. The number of urea groups is 1. The minimum atomic E-state index is -0.780. The van der Waals surface area contributed by atoms with Crippen LogP contribution in [0.5, 0.6) is 0 Å². The van der Waals surface area contributed by atoms with Crippen LogP contribution < -0.4 is 4.90 Å². The van der Waals surface area contributed by atoms with Gasteiger partial charge in [0.25, 0.3) is 0 Å². The van der Waals surface area contributed by atoms with Gasteiger partial charge >= 0.3 is 12.1 Å². The van der Waals surface area contributed by atoms with Crippen molar-refractivity contribution in [1.82, 2.24) is 9.80 Å². The number of rotatable bonds is 3. The van der Waals surface area contributed by atoms with Gasteiger partial charge in [-0.2, -0.15) is 0 Å². The van der Waals surface area contributed by atoms with E-state index in [4.69, 9.17) is 0 Å². The van der Waals surface area contributed by atoms with E-state index in [0.29, 0.717) is 11.8 Å². The molecule has 6 nitrogen and oxygen atoms in total. The third-order valence-corrected chi connectivity index (χ3v) is 8.30. The second-order valence-corrected chi connectivity index (χ2v) is 11.2. The molecule has 3 amide bonds. The number of benzene rings is 1. The molecular formula is C24H33N3O3. The van der Waals surface area contributed by atoms with E-state index in [1.54, 1.807) is 9.80 Å². The summed E-state index contributed by atoms with van der Waals surface area (Å²) in [6.07, 6.45) is 4.55.